The maximum Gasteiger partial charge on any atom is 0.276 e. The minimum atomic E-state index is 0.00470. The van der Waals surface area contributed by atoms with Crippen molar-refractivity contribution in [2.24, 2.45) is 0 Å². The van der Waals surface area contributed by atoms with Gasteiger partial charge in [0.15, 0.2) is 5.69 Å². The topological polar surface area (TPSA) is 87.4 Å². The maximum absolute atomic E-state index is 13.1. The summed E-state index contributed by atoms with van der Waals surface area (Å²) in [7, 11) is 0. The number of rotatable bonds is 4. The van der Waals surface area contributed by atoms with Gasteiger partial charge in [0, 0.05) is 56.0 Å². The van der Waals surface area contributed by atoms with Crippen molar-refractivity contribution < 1.29 is 9.32 Å². The van der Waals surface area contributed by atoms with Crippen molar-refractivity contribution in [3.05, 3.63) is 28.8 Å². The van der Waals surface area contributed by atoms with E-state index in [0.717, 1.165) is 67.6 Å². The second kappa shape index (κ2) is 8.85. The summed E-state index contributed by atoms with van der Waals surface area (Å²) in [4.78, 5) is 26.6. The van der Waals surface area contributed by atoms with E-state index in [0.29, 0.717) is 24.8 Å². The highest BCUT2D eigenvalue weighted by Crippen LogP contribution is 2.26. The summed E-state index contributed by atoms with van der Waals surface area (Å²) in [5.74, 6) is 2.58. The lowest BCUT2D eigenvalue weighted by Crippen LogP contribution is -2.49. The van der Waals surface area contributed by atoms with E-state index in [9.17, 15) is 4.79 Å². The summed E-state index contributed by atoms with van der Waals surface area (Å²) in [6, 6.07) is 2.52. The van der Waals surface area contributed by atoms with E-state index in [1.54, 1.807) is 0 Å². The fourth-order valence-corrected chi connectivity index (χ4v) is 5.05. The molecule has 0 unspecified atom stereocenters. The Kier molecular flexibility index (Phi) is 5.78. The number of aromatic nitrogens is 3. The number of carbonyl (C=O) groups is 1. The molecule has 0 bridgehead atoms. The van der Waals surface area contributed by atoms with Gasteiger partial charge in [-0.25, -0.2) is 4.98 Å². The van der Waals surface area contributed by atoms with Crippen LogP contribution in [0.2, 0.25) is 0 Å². The predicted octanol–water partition coefficient (Wildman–Crippen LogP) is 3.36. The normalized spacial score (nSPS) is 19.9. The Morgan fingerprint density at radius 2 is 1.81 bits per heavy atom. The van der Waals surface area contributed by atoms with E-state index in [1.807, 2.05) is 17.9 Å². The van der Waals surface area contributed by atoms with Crippen LogP contribution >= 0.6 is 0 Å². The van der Waals surface area contributed by atoms with Crippen LogP contribution in [0.15, 0.2) is 10.6 Å². The first-order chi connectivity index (χ1) is 15.2. The van der Waals surface area contributed by atoms with Crippen molar-refractivity contribution in [3.63, 3.8) is 0 Å². The Bertz CT molecular complexity index is 928. The molecule has 2 aromatic rings. The van der Waals surface area contributed by atoms with Gasteiger partial charge in [0.1, 0.15) is 11.6 Å². The molecule has 31 heavy (non-hydrogen) atoms. The standard InChI is InChI=1S/C23H32N6O2/c1-16-15-20(26-23(24-16)25-17-7-3-2-4-8-17)28-11-13-29(14-12-28)22(30)21-18-9-5-6-10-19(18)31-27-21/h15,17H,2-14H2,1H3,(H,24,25,26). The number of amides is 1. The highest BCUT2D eigenvalue weighted by Gasteiger charge is 2.30. The van der Waals surface area contributed by atoms with Crippen molar-refractivity contribution in [2.45, 2.75) is 70.8 Å². The van der Waals surface area contributed by atoms with Gasteiger partial charge in [-0.1, -0.05) is 24.4 Å². The fourth-order valence-electron chi connectivity index (χ4n) is 5.05. The molecule has 1 saturated carbocycles. The third-order valence-corrected chi connectivity index (χ3v) is 6.82. The number of anilines is 2. The van der Waals surface area contributed by atoms with Gasteiger partial charge >= 0.3 is 0 Å². The molecule has 0 aromatic carbocycles. The van der Waals surface area contributed by atoms with E-state index in [4.69, 9.17) is 9.51 Å². The molecule has 8 nitrogen and oxygen atoms in total. The van der Waals surface area contributed by atoms with Gasteiger partial charge in [-0.2, -0.15) is 4.98 Å². The first-order valence-electron chi connectivity index (χ1n) is 11.8. The number of hydrogen-bond acceptors (Lipinski definition) is 7. The quantitative estimate of drug-likeness (QED) is 0.805. The zero-order chi connectivity index (χ0) is 21.2. The van der Waals surface area contributed by atoms with Crippen molar-refractivity contribution in [2.75, 3.05) is 36.4 Å². The van der Waals surface area contributed by atoms with Crippen molar-refractivity contribution in [3.8, 4) is 0 Å². The van der Waals surface area contributed by atoms with Crippen LogP contribution in [0.1, 0.15) is 72.5 Å². The Labute approximate surface area is 183 Å². The van der Waals surface area contributed by atoms with Crippen LogP contribution in [0.3, 0.4) is 0 Å². The van der Waals surface area contributed by atoms with E-state index < -0.39 is 0 Å². The molecule has 3 aliphatic rings. The van der Waals surface area contributed by atoms with Crippen LogP contribution in [0, 0.1) is 6.92 Å². The van der Waals surface area contributed by atoms with Crippen molar-refractivity contribution >= 4 is 17.7 Å². The van der Waals surface area contributed by atoms with Gasteiger partial charge in [-0.15, -0.1) is 0 Å². The molecule has 0 spiro atoms. The summed E-state index contributed by atoms with van der Waals surface area (Å²) in [5.41, 5.74) is 2.53. The van der Waals surface area contributed by atoms with Crippen molar-refractivity contribution in [1.29, 1.82) is 0 Å². The van der Waals surface area contributed by atoms with Gasteiger partial charge in [0.25, 0.3) is 5.91 Å². The molecule has 166 valence electrons. The molecule has 0 atom stereocenters. The number of hydrogen-bond donors (Lipinski definition) is 1. The summed E-state index contributed by atoms with van der Waals surface area (Å²) >= 11 is 0. The zero-order valence-corrected chi connectivity index (χ0v) is 18.4. The van der Waals surface area contributed by atoms with Crippen LogP contribution in [0.5, 0.6) is 0 Å². The number of carbonyl (C=O) groups excluding carboxylic acids is 1. The molecule has 3 heterocycles. The molecule has 2 fully saturated rings. The number of aryl methyl sites for hydroxylation is 2. The Morgan fingerprint density at radius 3 is 2.61 bits per heavy atom. The third kappa shape index (κ3) is 4.38. The first-order valence-corrected chi connectivity index (χ1v) is 11.8. The van der Waals surface area contributed by atoms with Crippen LogP contribution in [-0.2, 0) is 12.8 Å². The van der Waals surface area contributed by atoms with E-state index in [1.165, 1.54) is 32.1 Å². The van der Waals surface area contributed by atoms with Crippen LogP contribution in [-0.4, -0.2) is 58.2 Å². The molecule has 5 rings (SSSR count). The minimum Gasteiger partial charge on any atom is -0.360 e. The third-order valence-electron chi connectivity index (χ3n) is 6.82. The van der Waals surface area contributed by atoms with E-state index in [2.05, 4.69) is 20.4 Å². The summed E-state index contributed by atoms with van der Waals surface area (Å²) in [6.07, 6.45) is 10.3. The van der Waals surface area contributed by atoms with Crippen LogP contribution in [0.4, 0.5) is 11.8 Å². The molecular formula is C23H32N6O2. The monoisotopic (exact) mass is 424 g/mol. The molecule has 2 aliphatic carbocycles. The highest BCUT2D eigenvalue weighted by molar-refractivity contribution is 5.94. The van der Waals surface area contributed by atoms with Gasteiger partial charge in [-0.05, 0) is 39.0 Å². The van der Waals surface area contributed by atoms with Crippen LogP contribution < -0.4 is 10.2 Å². The Balaban J connectivity index is 1.23. The smallest absolute Gasteiger partial charge is 0.276 e. The molecule has 8 heteroatoms. The molecule has 0 radical (unpaired) electrons. The summed E-state index contributed by atoms with van der Waals surface area (Å²) in [6.45, 7) is 4.85. The van der Waals surface area contributed by atoms with Crippen LogP contribution in [0.25, 0.3) is 0 Å². The maximum atomic E-state index is 13.1. The first kappa shape index (κ1) is 20.3. The Hall–Kier alpha value is -2.64. The van der Waals surface area contributed by atoms with Gasteiger partial charge in [-0.3, -0.25) is 4.79 Å². The van der Waals surface area contributed by atoms with Gasteiger partial charge in [0.05, 0.1) is 0 Å². The SMILES string of the molecule is Cc1cc(N2CCN(C(=O)c3noc4c3CCCC4)CC2)nc(NC2CCCCC2)n1. The average Bonchev–Trinajstić information content (AvgIpc) is 3.23. The average molecular weight is 425 g/mol. The minimum absolute atomic E-state index is 0.00470. The fraction of sp³-hybridized carbons (Fsp3) is 0.652. The number of piperazine rings is 1. The lowest BCUT2D eigenvalue weighted by molar-refractivity contribution is 0.0735. The summed E-state index contributed by atoms with van der Waals surface area (Å²) < 4.78 is 5.45. The second-order valence-electron chi connectivity index (χ2n) is 9.09. The molecule has 1 saturated heterocycles. The number of nitrogens with one attached hydrogen (secondary N) is 1. The summed E-state index contributed by atoms with van der Waals surface area (Å²) in [5, 5.41) is 7.66. The predicted molar refractivity (Wildman–Crippen MR) is 119 cm³/mol. The number of nitrogens with zero attached hydrogens (tertiary/aromatic N) is 5. The van der Waals surface area contributed by atoms with E-state index in [-0.39, 0.29) is 5.91 Å². The molecule has 1 N–H and O–H groups in total. The zero-order valence-electron chi connectivity index (χ0n) is 18.4. The second-order valence-corrected chi connectivity index (χ2v) is 9.09. The van der Waals surface area contributed by atoms with Gasteiger partial charge in [0.2, 0.25) is 5.95 Å². The Morgan fingerprint density at radius 1 is 1.03 bits per heavy atom. The molecule has 1 aliphatic heterocycles. The highest BCUT2D eigenvalue weighted by atomic mass is 16.5. The molecular weight excluding hydrogens is 392 g/mol. The van der Waals surface area contributed by atoms with Gasteiger partial charge < -0.3 is 19.6 Å². The lowest BCUT2D eigenvalue weighted by Gasteiger charge is -2.35. The molecule has 1 amide bonds. The lowest BCUT2D eigenvalue weighted by atomic mass is 9.96. The molecule has 2 aromatic heterocycles. The number of fused-ring (bicyclic) bond motifs is 1. The van der Waals surface area contributed by atoms with Crippen molar-refractivity contribution in [1.82, 2.24) is 20.0 Å². The largest absolute Gasteiger partial charge is 0.360 e. The van der Waals surface area contributed by atoms with E-state index >= 15 is 0 Å².